The molecule has 0 aliphatic carbocycles. The predicted octanol–water partition coefficient (Wildman–Crippen LogP) is 5.31. The number of aromatic hydroxyl groups is 1. The summed E-state index contributed by atoms with van der Waals surface area (Å²) in [7, 11) is 3.92. The van der Waals surface area contributed by atoms with Crippen LogP contribution in [0.15, 0.2) is 78.9 Å². The minimum atomic E-state index is -1.18. The highest BCUT2D eigenvalue weighted by atomic mass is 16.6. The van der Waals surface area contributed by atoms with Gasteiger partial charge in [0.1, 0.15) is 17.2 Å². The summed E-state index contributed by atoms with van der Waals surface area (Å²) in [5.41, 5.74) is 4.72. The molecule has 2 aliphatic rings. The number of carbonyl (C=O) groups is 2. The number of amides is 1. The fourth-order valence-corrected chi connectivity index (χ4v) is 5.33. The zero-order valence-corrected chi connectivity index (χ0v) is 21.9. The Morgan fingerprint density at radius 3 is 2.33 bits per heavy atom. The fraction of sp³-hybridized carbons (Fsp3) is 0.188. The molecule has 1 spiro atoms. The Labute approximate surface area is 226 Å². The van der Waals surface area contributed by atoms with Crippen LogP contribution in [0.5, 0.6) is 17.2 Å². The number of fused-ring (bicyclic) bond motifs is 6. The minimum absolute atomic E-state index is 0.202. The van der Waals surface area contributed by atoms with Crippen molar-refractivity contribution in [2.45, 2.75) is 18.9 Å². The van der Waals surface area contributed by atoms with E-state index in [1.807, 2.05) is 80.5 Å². The summed E-state index contributed by atoms with van der Waals surface area (Å²) >= 11 is 0. The number of anilines is 1. The average molecular weight is 521 g/mol. The molecule has 2 N–H and O–H groups in total. The molecular formula is C32H28N2O5. The fourth-order valence-electron chi connectivity index (χ4n) is 5.33. The van der Waals surface area contributed by atoms with Gasteiger partial charge in [-0.3, -0.25) is 4.79 Å². The van der Waals surface area contributed by atoms with E-state index in [0.717, 1.165) is 27.9 Å². The van der Waals surface area contributed by atoms with Crippen LogP contribution in [0, 0.1) is 6.92 Å². The van der Waals surface area contributed by atoms with Crippen LogP contribution in [0.3, 0.4) is 0 Å². The van der Waals surface area contributed by atoms with Gasteiger partial charge < -0.3 is 24.8 Å². The van der Waals surface area contributed by atoms with Crippen molar-refractivity contribution in [2.75, 3.05) is 25.5 Å². The molecule has 0 bridgehead atoms. The van der Waals surface area contributed by atoms with Crippen molar-refractivity contribution < 1.29 is 24.2 Å². The topological polar surface area (TPSA) is 88.1 Å². The van der Waals surface area contributed by atoms with E-state index < -0.39 is 11.6 Å². The first-order chi connectivity index (χ1) is 18.8. The zero-order chi connectivity index (χ0) is 27.3. The van der Waals surface area contributed by atoms with Gasteiger partial charge in [-0.1, -0.05) is 30.3 Å². The van der Waals surface area contributed by atoms with Crippen LogP contribution in [0.25, 0.3) is 0 Å². The summed E-state index contributed by atoms with van der Waals surface area (Å²) in [5.74, 6) is 0.698. The van der Waals surface area contributed by atoms with E-state index in [2.05, 4.69) is 5.32 Å². The lowest BCUT2D eigenvalue weighted by Crippen LogP contribution is -2.33. The molecule has 4 aromatic rings. The van der Waals surface area contributed by atoms with Crippen molar-refractivity contribution in [1.29, 1.82) is 0 Å². The van der Waals surface area contributed by atoms with Gasteiger partial charge in [-0.15, -0.1) is 0 Å². The molecule has 1 atom stereocenters. The largest absolute Gasteiger partial charge is 0.508 e. The summed E-state index contributed by atoms with van der Waals surface area (Å²) in [6, 6.07) is 23.8. The Morgan fingerprint density at radius 1 is 0.897 bits per heavy atom. The van der Waals surface area contributed by atoms with Crippen molar-refractivity contribution >= 4 is 17.6 Å². The number of benzene rings is 4. The third-order valence-electron chi connectivity index (χ3n) is 7.36. The van der Waals surface area contributed by atoms with Crippen LogP contribution < -0.4 is 15.0 Å². The first kappa shape index (κ1) is 24.6. The standard InChI is InChI=1S/C32H28N2O5/c1-19-4-11-26-28(16-19)38-29-18-22(34(2)3)8-13-27(29)32(26)25-12-7-21(17-24(25)31(37)39-32)30(36)33-15-14-20-5-9-23(35)10-6-20/h4-13,16-18,35H,14-15H2,1-3H3,(H,33,36). The van der Waals surface area contributed by atoms with Crippen LogP contribution in [-0.2, 0) is 16.8 Å². The quantitative estimate of drug-likeness (QED) is 0.347. The number of ether oxygens (including phenoxy) is 2. The van der Waals surface area contributed by atoms with Crippen LogP contribution in [0.1, 0.15) is 48.5 Å². The zero-order valence-electron chi connectivity index (χ0n) is 21.9. The maximum Gasteiger partial charge on any atom is 0.340 e. The molecule has 1 amide bonds. The van der Waals surface area contributed by atoms with Crippen LogP contribution in [0.2, 0.25) is 0 Å². The number of nitrogens with zero attached hydrogens (tertiary/aromatic N) is 1. The number of hydrogen-bond donors (Lipinski definition) is 2. The Kier molecular flexibility index (Phi) is 5.79. The maximum atomic E-state index is 13.4. The van der Waals surface area contributed by atoms with Crippen LogP contribution in [0.4, 0.5) is 5.69 Å². The minimum Gasteiger partial charge on any atom is -0.508 e. The lowest BCUT2D eigenvalue weighted by Gasteiger charge is -2.37. The van der Waals surface area contributed by atoms with E-state index in [1.165, 1.54) is 0 Å². The van der Waals surface area contributed by atoms with Gasteiger partial charge in [0.2, 0.25) is 0 Å². The molecule has 6 rings (SSSR count). The molecule has 0 saturated carbocycles. The van der Waals surface area contributed by atoms with Crippen LogP contribution >= 0.6 is 0 Å². The molecule has 0 saturated heterocycles. The van der Waals surface area contributed by atoms with Gasteiger partial charge in [0.25, 0.3) is 5.91 Å². The van der Waals surface area contributed by atoms with Gasteiger partial charge in [-0.2, -0.15) is 0 Å². The molecule has 39 heavy (non-hydrogen) atoms. The van der Waals surface area contributed by atoms with E-state index in [9.17, 15) is 14.7 Å². The van der Waals surface area contributed by atoms with Gasteiger partial charge in [0.05, 0.1) is 5.56 Å². The SMILES string of the molecule is Cc1ccc2c(c1)Oc1cc(N(C)C)ccc1C21OC(=O)c2cc(C(=O)NCCc3ccc(O)cc3)ccc21. The lowest BCUT2D eigenvalue weighted by atomic mass is 9.77. The van der Waals surface area contributed by atoms with Gasteiger partial charge in [-0.25, -0.2) is 4.79 Å². The number of esters is 1. The average Bonchev–Trinajstić information content (AvgIpc) is 3.21. The monoisotopic (exact) mass is 520 g/mol. The highest BCUT2D eigenvalue weighted by Crippen LogP contribution is 2.56. The summed E-state index contributed by atoms with van der Waals surface area (Å²) in [4.78, 5) is 28.3. The molecule has 7 heteroatoms. The van der Waals surface area contributed by atoms with Gasteiger partial charge in [-0.05, 0) is 66.9 Å². The Bertz CT molecular complexity index is 1630. The number of rotatable bonds is 5. The maximum absolute atomic E-state index is 13.4. The van der Waals surface area contributed by atoms with Gasteiger partial charge >= 0.3 is 5.97 Å². The van der Waals surface area contributed by atoms with Crippen molar-refractivity contribution in [2.24, 2.45) is 0 Å². The first-order valence-corrected chi connectivity index (χ1v) is 12.8. The molecule has 2 heterocycles. The predicted molar refractivity (Wildman–Crippen MR) is 148 cm³/mol. The number of carbonyl (C=O) groups excluding carboxylic acids is 2. The number of phenolic OH excluding ortho intramolecular Hbond substituents is 1. The lowest BCUT2D eigenvalue weighted by molar-refractivity contribution is 0.0224. The van der Waals surface area contributed by atoms with E-state index in [0.29, 0.717) is 41.2 Å². The highest BCUT2D eigenvalue weighted by molar-refractivity contribution is 6.01. The Morgan fingerprint density at radius 2 is 1.59 bits per heavy atom. The summed E-state index contributed by atoms with van der Waals surface area (Å²) in [5, 5.41) is 12.4. The normalized spacial score (nSPS) is 16.5. The molecule has 2 aliphatic heterocycles. The molecule has 0 radical (unpaired) electrons. The highest BCUT2D eigenvalue weighted by Gasteiger charge is 2.53. The van der Waals surface area contributed by atoms with E-state index in [1.54, 1.807) is 24.3 Å². The number of hydrogen-bond acceptors (Lipinski definition) is 6. The smallest absolute Gasteiger partial charge is 0.340 e. The van der Waals surface area contributed by atoms with E-state index in [4.69, 9.17) is 9.47 Å². The number of phenols is 1. The summed E-state index contributed by atoms with van der Waals surface area (Å²) < 4.78 is 12.6. The van der Waals surface area contributed by atoms with Gasteiger partial charge in [0.15, 0.2) is 5.60 Å². The molecule has 196 valence electrons. The molecule has 1 unspecified atom stereocenters. The number of nitrogens with one attached hydrogen (secondary N) is 1. The second kappa shape index (κ2) is 9.20. The number of aryl methyl sites for hydroxylation is 1. The first-order valence-electron chi connectivity index (χ1n) is 12.8. The summed E-state index contributed by atoms with van der Waals surface area (Å²) in [6.45, 7) is 2.41. The van der Waals surface area contributed by atoms with Crippen molar-refractivity contribution in [1.82, 2.24) is 5.32 Å². The molecule has 0 fully saturated rings. The second-order valence-electron chi connectivity index (χ2n) is 10.2. The third kappa shape index (κ3) is 4.07. The van der Waals surface area contributed by atoms with E-state index in [-0.39, 0.29) is 11.7 Å². The molecule has 0 aromatic heterocycles. The molecular weight excluding hydrogens is 492 g/mol. The molecule has 7 nitrogen and oxygen atoms in total. The second-order valence-corrected chi connectivity index (χ2v) is 10.2. The third-order valence-corrected chi connectivity index (χ3v) is 7.36. The Hall–Kier alpha value is -4.78. The van der Waals surface area contributed by atoms with Crippen molar-refractivity contribution in [3.63, 3.8) is 0 Å². The van der Waals surface area contributed by atoms with Crippen LogP contribution in [-0.4, -0.2) is 37.6 Å². The molecule has 4 aromatic carbocycles. The Balaban J connectivity index is 1.36. The van der Waals surface area contributed by atoms with Crippen molar-refractivity contribution in [3.05, 3.63) is 118 Å². The summed E-state index contributed by atoms with van der Waals surface area (Å²) in [6.07, 6.45) is 0.615. The van der Waals surface area contributed by atoms with Gasteiger partial charge in [0, 0.05) is 54.6 Å². The van der Waals surface area contributed by atoms with Crippen molar-refractivity contribution in [3.8, 4) is 17.2 Å². The van der Waals surface area contributed by atoms with E-state index >= 15 is 0 Å².